The van der Waals surface area contributed by atoms with Crippen LogP contribution in [0.5, 0.6) is 5.75 Å². The Morgan fingerprint density at radius 2 is 1.86 bits per heavy atom. The molecule has 116 valence electrons. The van der Waals surface area contributed by atoms with E-state index in [9.17, 15) is 18.3 Å². The fourth-order valence-corrected chi connectivity index (χ4v) is 3.39. The third kappa shape index (κ3) is 2.62. The molecule has 0 aromatic heterocycles. The minimum atomic E-state index is -4.43. The van der Waals surface area contributed by atoms with Crippen LogP contribution in [0.3, 0.4) is 0 Å². The fourth-order valence-electron chi connectivity index (χ4n) is 3.39. The van der Waals surface area contributed by atoms with Crippen molar-refractivity contribution >= 4 is 0 Å². The average Bonchev–Trinajstić information content (AvgIpc) is 2.76. The summed E-state index contributed by atoms with van der Waals surface area (Å²) in [6, 6.07) is 3.27. The van der Waals surface area contributed by atoms with Gasteiger partial charge < -0.3 is 14.6 Å². The summed E-state index contributed by atoms with van der Waals surface area (Å²) in [7, 11) is 1.32. The van der Waals surface area contributed by atoms with Crippen molar-refractivity contribution in [2.75, 3.05) is 7.11 Å². The second-order valence-corrected chi connectivity index (χ2v) is 5.81. The van der Waals surface area contributed by atoms with Crippen LogP contribution in [0.15, 0.2) is 18.2 Å². The maximum atomic E-state index is 12.8. The number of ether oxygens (including phenoxy) is 2. The smallest absolute Gasteiger partial charge is 0.416 e. The SMILES string of the molecule is COc1cc(C(F)(F)F)ccc1C1(O)CC2CCC(C1)O2. The van der Waals surface area contributed by atoms with Gasteiger partial charge in [-0.25, -0.2) is 0 Å². The molecule has 0 amide bonds. The molecule has 2 aliphatic heterocycles. The van der Waals surface area contributed by atoms with Crippen LogP contribution in [0, 0.1) is 0 Å². The Hall–Kier alpha value is -1.27. The summed E-state index contributed by atoms with van der Waals surface area (Å²) in [5, 5.41) is 10.9. The molecule has 0 radical (unpaired) electrons. The van der Waals surface area contributed by atoms with Gasteiger partial charge in [0.1, 0.15) is 5.75 Å². The number of alkyl halides is 3. The normalized spacial score (nSPS) is 32.2. The van der Waals surface area contributed by atoms with Crippen LogP contribution in [0.2, 0.25) is 0 Å². The number of halogens is 3. The second-order valence-electron chi connectivity index (χ2n) is 5.81. The van der Waals surface area contributed by atoms with E-state index in [-0.39, 0.29) is 18.0 Å². The zero-order valence-electron chi connectivity index (χ0n) is 11.6. The van der Waals surface area contributed by atoms with E-state index in [1.54, 1.807) is 0 Å². The highest BCUT2D eigenvalue weighted by Crippen LogP contribution is 2.47. The van der Waals surface area contributed by atoms with E-state index >= 15 is 0 Å². The van der Waals surface area contributed by atoms with E-state index < -0.39 is 17.3 Å². The number of methoxy groups -OCH3 is 1. The first kappa shape index (κ1) is 14.7. The summed E-state index contributed by atoms with van der Waals surface area (Å²) in [6.45, 7) is 0. The zero-order valence-corrected chi connectivity index (χ0v) is 11.6. The molecule has 1 aromatic rings. The second kappa shape index (κ2) is 4.88. The molecule has 21 heavy (non-hydrogen) atoms. The Bertz CT molecular complexity index is 529. The Kier molecular flexibility index (Phi) is 3.41. The van der Waals surface area contributed by atoms with Gasteiger partial charge in [0, 0.05) is 18.4 Å². The van der Waals surface area contributed by atoms with Crippen LogP contribution in [-0.4, -0.2) is 24.4 Å². The van der Waals surface area contributed by atoms with Crippen molar-refractivity contribution in [1.29, 1.82) is 0 Å². The predicted molar refractivity (Wildman–Crippen MR) is 69.0 cm³/mol. The number of hydrogen-bond acceptors (Lipinski definition) is 3. The molecule has 2 unspecified atom stereocenters. The molecule has 2 saturated heterocycles. The summed E-state index contributed by atoms with van der Waals surface area (Å²) in [5.41, 5.74) is -1.54. The van der Waals surface area contributed by atoms with Gasteiger partial charge >= 0.3 is 6.18 Å². The molecule has 2 bridgehead atoms. The number of fused-ring (bicyclic) bond motifs is 2. The van der Waals surface area contributed by atoms with Crippen molar-refractivity contribution in [3.63, 3.8) is 0 Å². The van der Waals surface area contributed by atoms with Crippen molar-refractivity contribution in [1.82, 2.24) is 0 Å². The van der Waals surface area contributed by atoms with Gasteiger partial charge in [-0.1, -0.05) is 6.07 Å². The van der Waals surface area contributed by atoms with Crippen LogP contribution < -0.4 is 4.74 Å². The Balaban J connectivity index is 1.98. The number of rotatable bonds is 2. The first-order valence-corrected chi connectivity index (χ1v) is 6.95. The van der Waals surface area contributed by atoms with Crippen molar-refractivity contribution < 1.29 is 27.8 Å². The van der Waals surface area contributed by atoms with Gasteiger partial charge in [-0.05, 0) is 25.0 Å². The van der Waals surface area contributed by atoms with Crippen molar-refractivity contribution in [2.45, 2.75) is 49.7 Å². The Morgan fingerprint density at radius 3 is 2.38 bits per heavy atom. The Labute approximate surface area is 120 Å². The fraction of sp³-hybridized carbons (Fsp3) is 0.600. The van der Waals surface area contributed by atoms with E-state index in [1.807, 2.05) is 0 Å². The van der Waals surface area contributed by atoms with E-state index in [1.165, 1.54) is 13.2 Å². The summed E-state index contributed by atoms with van der Waals surface area (Å²) in [5.74, 6) is 0.0774. The molecule has 6 heteroatoms. The van der Waals surface area contributed by atoms with Crippen LogP contribution in [0.1, 0.15) is 36.8 Å². The standard InChI is InChI=1S/C15H17F3O3/c1-20-13-6-9(15(16,17)18)2-5-12(13)14(19)7-10-3-4-11(8-14)21-10/h2,5-6,10-11,19H,3-4,7-8H2,1H3. The molecule has 2 aliphatic rings. The summed E-state index contributed by atoms with van der Waals surface area (Å²) >= 11 is 0. The van der Waals surface area contributed by atoms with Gasteiger partial charge in [-0.15, -0.1) is 0 Å². The monoisotopic (exact) mass is 302 g/mol. The van der Waals surface area contributed by atoms with Crippen LogP contribution in [0.4, 0.5) is 13.2 Å². The molecule has 3 nitrogen and oxygen atoms in total. The third-order valence-electron chi connectivity index (χ3n) is 4.36. The lowest BCUT2D eigenvalue weighted by Gasteiger charge is -2.37. The molecule has 2 atom stereocenters. The molecule has 3 rings (SSSR count). The van der Waals surface area contributed by atoms with Gasteiger partial charge in [-0.2, -0.15) is 13.2 Å². The average molecular weight is 302 g/mol. The lowest BCUT2D eigenvalue weighted by Crippen LogP contribution is -2.39. The quantitative estimate of drug-likeness (QED) is 0.911. The highest BCUT2D eigenvalue weighted by atomic mass is 19.4. The number of benzene rings is 1. The summed E-state index contributed by atoms with van der Waals surface area (Å²) in [6.07, 6.45) is -1.92. The summed E-state index contributed by atoms with van der Waals surface area (Å²) < 4.78 is 49.1. The molecule has 1 N–H and O–H groups in total. The van der Waals surface area contributed by atoms with Gasteiger partial charge in [0.15, 0.2) is 0 Å². The largest absolute Gasteiger partial charge is 0.496 e. The minimum absolute atomic E-state index is 0.0271. The molecule has 0 aliphatic carbocycles. The van der Waals surface area contributed by atoms with Crippen molar-refractivity contribution in [3.05, 3.63) is 29.3 Å². The van der Waals surface area contributed by atoms with Crippen molar-refractivity contribution in [3.8, 4) is 5.75 Å². The first-order chi connectivity index (χ1) is 9.82. The molecule has 0 spiro atoms. The molecular weight excluding hydrogens is 285 g/mol. The van der Waals surface area contributed by atoms with E-state index in [0.29, 0.717) is 18.4 Å². The molecule has 0 saturated carbocycles. The number of hydrogen-bond donors (Lipinski definition) is 1. The van der Waals surface area contributed by atoms with Crippen molar-refractivity contribution in [2.24, 2.45) is 0 Å². The minimum Gasteiger partial charge on any atom is -0.496 e. The van der Waals surface area contributed by atoms with Crippen LogP contribution in [-0.2, 0) is 16.5 Å². The van der Waals surface area contributed by atoms with Crippen LogP contribution >= 0.6 is 0 Å². The molecule has 2 fully saturated rings. The van der Waals surface area contributed by atoms with Crippen LogP contribution in [0.25, 0.3) is 0 Å². The van der Waals surface area contributed by atoms with Gasteiger partial charge in [-0.3, -0.25) is 0 Å². The zero-order chi connectivity index (χ0) is 15.3. The maximum Gasteiger partial charge on any atom is 0.416 e. The van der Waals surface area contributed by atoms with Gasteiger partial charge in [0.2, 0.25) is 0 Å². The van der Waals surface area contributed by atoms with E-state index in [0.717, 1.165) is 25.0 Å². The molecule has 2 heterocycles. The topological polar surface area (TPSA) is 38.7 Å². The predicted octanol–water partition coefficient (Wildman–Crippen LogP) is 3.24. The lowest BCUT2D eigenvalue weighted by molar-refractivity contribution is -0.138. The van der Waals surface area contributed by atoms with Gasteiger partial charge in [0.25, 0.3) is 0 Å². The lowest BCUT2D eigenvalue weighted by atomic mass is 9.82. The van der Waals surface area contributed by atoms with Gasteiger partial charge in [0.05, 0.1) is 30.5 Å². The first-order valence-electron chi connectivity index (χ1n) is 6.95. The Morgan fingerprint density at radius 1 is 1.24 bits per heavy atom. The highest BCUT2D eigenvalue weighted by molar-refractivity contribution is 5.42. The maximum absolute atomic E-state index is 12.8. The van der Waals surface area contributed by atoms with E-state index in [2.05, 4.69) is 0 Å². The summed E-state index contributed by atoms with van der Waals surface area (Å²) in [4.78, 5) is 0. The molecule has 1 aromatic carbocycles. The highest BCUT2D eigenvalue weighted by Gasteiger charge is 2.46. The third-order valence-corrected chi connectivity index (χ3v) is 4.36. The molecular formula is C15H17F3O3. The number of aliphatic hydroxyl groups is 1. The van der Waals surface area contributed by atoms with E-state index in [4.69, 9.17) is 9.47 Å².